The summed E-state index contributed by atoms with van der Waals surface area (Å²) in [6.45, 7) is 2.09. The Hall–Kier alpha value is -0.610. The van der Waals surface area contributed by atoms with E-state index in [1.54, 1.807) is 14.0 Å². The molecule has 0 rings (SSSR count). The Bertz CT molecular complexity index is 105. The molecule has 0 heterocycles. The Balaban J connectivity index is 3.21. The molecule has 4 heteroatoms. The van der Waals surface area contributed by atoms with Crippen molar-refractivity contribution in [3.05, 3.63) is 0 Å². The molecule has 0 spiro atoms. The summed E-state index contributed by atoms with van der Waals surface area (Å²) < 4.78 is 0. The zero-order valence-electron chi connectivity index (χ0n) is 6.26. The van der Waals surface area contributed by atoms with Crippen molar-refractivity contribution in [1.82, 2.24) is 5.48 Å². The van der Waals surface area contributed by atoms with E-state index in [2.05, 4.69) is 5.48 Å². The lowest BCUT2D eigenvalue weighted by molar-refractivity contribution is -0.141. The van der Waals surface area contributed by atoms with Crippen molar-refractivity contribution in [2.75, 3.05) is 13.7 Å². The summed E-state index contributed by atoms with van der Waals surface area (Å²) in [5.74, 6) is -1.10. The molecule has 10 heavy (non-hydrogen) atoms. The largest absolute Gasteiger partial charge is 0.481 e. The van der Waals surface area contributed by atoms with Crippen molar-refractivity contribution in [3.63, 3.8) is 0 Å². The topological polar surface area (TPSA) is 58.6 Å². The Labute approximate surface area is 60.1 Å². The van der Waals surface area contributed by atoms with Crippen LogP contribution >= 0.6 is 0 Å². The number of hydrogen-bond donors (Lipinski definition) is 2. The fraction of sp³-hybridized carbons (Fsp3) is 0.833. The second kappa shape index (κ2) is 5.20. The minimum Gasteiger partial charge on any atom is -0.481 e. The highest BCUT2D eigenvalue weighted by molar-refractivity contribution is 5.69. The third-order valence-corrected chi connectivity index (χ3v) is 1.22. The van der Waals surface area contributed by atoms with Crippen molar-refractivity contribution in [3.8, 4) is 0 Å². The highest BCUT2D eigenvalue weighted by Gasteiger charge is 2.09. The molecule has 60 valence electrons. The van der Waals surface area contributed by atoms with E-state index in [9.17, 15) is 4.79 Å². The van der Waals surface area contributed by atoms with Crippen molar-refractivity contribution >= 4 is 5.97 Å². The number of carbonyl (C=O) groups is 1. The molecule has 0 radical (unpaired) electrons. The second-order valence-corrected chi connectivity index (χ2v) is 2.08. The van der Waals surface area contributed by atoms with Crippen LogP contribution in [0.25, 0.3) is 0 Å². The lowest BCUT2D eigenvalue weighted by Crippen LogP contribution is -2.15. The molecule has 0 saturated carbocycles. The van der Waals surface area contributed by atoms with Crippen LogP contribution in [0.1, 0.15) is 13.3 Å². The van der Waals surface area contributed by atoms with Crippen LogP contribution in [0.5, 0.6) is 0 Å². The van der Waals surface area contributed by atoms with Crippen LogP contribution in [0.4, 0.5) is 0 Å². The number of hydrogen-bond acceptors (Lipinski definition) is 3. The van der Waals surface area contributed by atoms with E-state index in [0.717, 1.165) is 0 Å². The van der Waals surface area contributed by atoms with Crippen molar-refractivity contribution in [2.45, 2.75) is 13.3 Å². The first-order chi connectivity index (χ1) is 4.68. The van der Waals surface area contributed by atoms with Crippen LogP contribution in [0.3, 0.4) is 0 Å². The number of hydroxylamine groups is 1. The van der Waals surface area contributed by atoms with Crippen LogP contribution in [-0.2, 0) is 9.63 Å². The fourth-order valence-corrected chi connectivity index (χ4v) is 0.461. The molecule has 0 aromatic rings. The van der Waals surface area contributed by atoms with Crippen molar-refractivity contribution < 1.29 is 14.7 Å². The lowest BCUT2D eigenvalue weighted by Gasteiger charge is -2.04. The number of rotatable bonds is 5. The monoisotopic (exact) mass is 147 g/mol. The fourth-order valence-electron chi connectivity index (χ4n) is 0.461. The van der Waals surface area contributed by atoms with E-state index in [-0.39, 0.29) is 5.92 Å². The van der Waals surface area contributed by atoms with Gasteiger partial charge in [-0.2, -0.15) is 0 Å². The van der Waals surface area contributed by atoms with Crippen molar-refractivity contribution in [2.24, 2.45) is 5.92 Å². The third-order valence-electron chi connectivity index (χ3n) is 1.22. The van der Waals surface area contributed by atoms with Gasteiger partial charge in [0.1, 0.15) is 0 Å². The first-order valence-corrected chi connectivity index (χ1v) is 3.19. The molecule has 0 amide bonds. The van der Waals surface area contributed by atoms with Gasteiger partial charge < -0.3 is 9.94 Å². The van der Waals surface area contributed by atoms with E-state index in [4.69, 9.17) is 9.94 Å². The zero-order valence-corrected chi connectivity index (χ0v) is 6.26. The highest BCUT2D eigenvalue weighted by atomic mass is 16.6. The molecule has 0 aliphatic carbocycles. The molecule has 0 aliphatic rings. The van der Waals surface area contributed by atoms with Gasteiger partial charge in [0.05, 0.1) is 12.5 Å². The van der Waals surface area contributed by atoms with E-state index in [1.165, 1.54) is 0 Å². The van der Waals surface area contributed by atoms with Crippen LogP contribution in [-0.4, -0.2) is 24.7 Å². The van der Waals surface area contributed by atoms with Crippen molar-refractivity contribution in [1.29, 1.82) is 0 Å². The van der Waals surface area contributed by atoms with E-state index in [1.807, 2.05) is 0 Å². The molecule has 0 aromatic carbocycles. The van der Waals surface area contributed by atoms with Gasteiger partial charge in [-0.05, 0) is 6.42 Å². The first-order valence-electron chi connectivity index (χ1n) is 3.19. The van der Waals surface area contributed by atoms with Gasteiger partial charge in [0, 0.05) is 7.05 Å². The Morgan fingerprint density at radius 1 is 1.80 bits per heavy atom. The molecule has 2 N–H and O–H groups in total. The smallest absolute Gasteiger partial charge is 0.306 e. The summed E-state index contributed by atoms with van der Waals surface area (Å²) in [6, 6.07) is 0. The van der Waals surface area contributed by atoms with Gasteiger partial charge in [0.15, 0.2) is 0 Å². The summed E-state index contributed by atoms with van der Waals surface area (Å²) in [6.07, 6.45) is 0.538. The molecule has 0 aromatic heterocycles. The number of aliphatic carboxylic acids is 1. The minimum absolute atomic E-state index is 0.326. The molecular weight excluding hydrogens is 134 g/mol. The molecule has 4 nitrogen and oxygen atoms in total. The third kappa shape index (κ3) is 4.29. The maximum absolute atomic E-state index is 10.2. The summed E-state index contributed by atoms with van der Waals surface area (Å²) in [7, 11) is 1.64. The maximum atomic E-state index is 10.2. The Morgan fingerprint density at radius 3 is 2.80 bits per heavy atom. The summed E-state index contributed by atoms with van der Waals surface area (Å²) in [5.41, 5.74) is 2.47. The highest BCUT2D eigenvalue weighted by Crippen LogP contribution is 2.00. The van der Waals surface area contributed by atoms with Gasteiger partial charge in [0.2, 0.25) is 0 Å². The average molecular weight is 147 g/mol. The van der Waals surface area contributed by atoms with Gasteiger partial charge in [-0.3, -0.25) is 4.79 Å². The minimum atomic E-state index is -0.778. The van der Waals surface area contributed by atoms with Gasteiger partial charge in [-0.1, -0.05) is 6.92 Å². The Morgan fingerprint density at radius 2 is 2.40 bits per heavy atom. The summed E-state index contributed by atoms with van der Waals surface area (Å²) >= 11 is 0. The molecule has 0 aliphatic heterocycles. The first kappa shape index (κ1) is 9.39. The Kier molecular flexibility index (Phi) is 4.88. The van der Waals surface area contributed by atoms with E-state index in [0.29, 0.717) is 13.0 Å². The van der Waals surface area contributed by atoms with Gasteiger partial charge in [-0.15, -0.1) is 0 Å². The maximum Gasteiger partial charge on any atom is 0.306 e. The lowest BCUT2D eigenvalue weighted by atomic mass is 10.1. The normalized spacial score (nSPS) is 13.0. The summed E-state index contributed by atoms with van der Waals surface area (Å²) in [4.78, 5) is 15.0. The average Bonchev–Trinajstić information content (AvgIpc) is 1.88. The molecular formula is C6H13NO3. The van der Waals surface area contributed by atoms with Crippen LogP contribution < -0.4 is 5.48 Å². The van der Waals surface area contributed by atoms with Gasteiger partial charge in [0.25, 0.3) is 0 Å². The number of carboxylic acid groups (broad SMARTS) is 1. The summed E-state index contributed by atoms with van der Waals surface area (Å²) in [5, 5.41) is 8.41. The standard InChI is InChI=1S/C6H13NO3/c1-5(6(8)9)3-4-10-7-2/h5,7H,3-4H2,1-2H3,(H,8,9). The van der Waals surface area contributed by atoms with E-state index >= 15 is 0 Å². The quantitative estimate of drug-likeness (QED) is 0.432. The molecule has 1 unspecified atom stereocenters. The molecule has 0 fully saturated rings. The zero-order chi connectivity index (χ0) is 7.98. The molecule has 0 bridgehead atoms. The molecule has 0 saturated heterocycles. The van der Waals surface area contributed by atoms with Gasteiger partial charge in [-0.25, -0.2) is 5.48 Å². The number of nitrogens with one attached hydrogen (secondary N) is 1. The van der Waals surface area contributed by atoms with Crippen LogP contribution in [0, 0.1) is 5.92 Å². The van der Waals surface area contributed by atoms with Gasteiger partial charge >= 0.3 is 5.97 Å². The molecule has 1 atom stereocenters. The predicted octanol–water partition coefficient (Wildman–Crippen LogP) is 0.248. The SMILES string of the molecule is CNOCCC(C)C(=O)O. The predicted molar refractivity (Wildman–Crippen MR) is 36.4 cm³/mol. The van der Waals surface area contributed by atoms with E-state index < -0.39 is 5.97 Å². The van der Waals surface area contributed by atoms with Crippen LogP contribution in [0.2, 0.25) is 0 Å². The number of carboxylic acids is 1. The second-order valence-electron chi connectivity index (χ2n) is 2.08. The van der Waals surface area contributed by atoms with Crippen LogP contribution in [0.15, 0.2) is 0 Å².